The maximum atomic E-state index is 12.1. The minimum atomic E-state index is -0.0113. The number of morpholine rings is 1. The fourth-order valence-electron chi connectivity index (χ4n) is 2.11. The summed E-state index contributed by atoms with van der Waals surface area (Å²) in [6, 6.07) is 5.80. The Labute approximate surface area is 127 Å². The first kappa shape index (κ1) is 15.3. The molecule has 110 valence electrons. The molecule has 2 N–H and O–H groups in total. The van der Waals surface area contributed by atoms with Crippen LogP contribution in [-0.2, 0) is 16.0 Å². The number of hydrogen-bond acceptors (Lipinski definition) is 4. The SMILES string of the molecule is NCCc1cccc(Br)c1OCC(=O)N1CCOCC1. The Balaban J connectivity index is 1.97. The van der Waals surface area contributed by atoms with Gasteiger partial charge < -0.3 is 20.1 Å². The third-order valence-corrected chi connectivity index (χ3v) is 3.79. The monoisotopic (exact) mass is 342 g/mol. The zero-order valence-electron chi connectivity index (χ0n) is 11.3. The highest BCUT2D eigenvalue weighted by molar-refractivity contribution is 9.10. The van der Waals surface area contributed by atoms with Crippen LogP contribution in [0.1, 0.15) is 5.56 Å². The van der Waals surface area contributed by atoms with Gasteiger partial charge in [0.25, 0.3) is 5.91 Å². The van der Waals surface area contributed by atoms with E-state index in [2.05, 4.69) is 15.9 Å². The molecule has 0 unspecified atom stereocenters. The summed E-state index contributed by atoms with van der Waals surface area (Å²) in [4.78, 5) is 13.8. The fourth-order valence-corrected chi connectivity index (χ4v) is 2.63. The van der Waals surface area contributed by atoms with E-state index in [1.165, 1.54) is 0 Å². The molecule has 1 aromatic carbocycles. The number of nitrogens with two attached hydrogens (primary N) is 1. The van der Waals surface area contributed by atoms with Gasteiger partial charge in [0.1, 0.15) is 5.75 Å². The van der Waals surface area contributed by atoms with Gasteiger partial charge in [-0.3, -0.25) is 4.79 Å². The van der Waals surface area contributed by atoms with E-state index in [0.29, 0.717) is 38.6 Å². The van der Waals surface area contributed by atoms with Crippen LogP contribution in [0.4, 0.5) is 0 Å². The standard InChI is InChI=1S/C14H19BrN2O3/c15-12-3-1-2-11(4-5-16)14(12)20-10-13(18)17-6-8-19-9-7-17/h1-3H,4-10,16H2. The largest absolute Gasteiger partial charge is 0.482 e. The van der Waals surface area contributed by atoms with Crippen molar-refractivity contribution in [3.63, 3.8) is 0 Å². The lowest BCUT2D eigenvalue weighted by Crippen LogP contribution is -2.43. The highest BCUT2D eigenvalue weighted by Gasteiger charge is 2.18. The van der Waals surface area contributed by atoms with Crippen LogP contribution in [0.3, 0.4) is 0 Å². The van der Waals surface area contributed by atoms with Crippen LogP contribution < -0.4 is 10.5 Å². The summed E-state index contributed by atoms with van der Waals surface area (Å²) in [7, 11) is 0. The first-order chi connectivity index (χ1) is 9.72. The normalized spacial score (nSPS) is 15.2. The zero-order valence-corrected chi connectivity index (χ0v) is 12.9. The Morgan fingerprint density at radius 2 is 2.15 bits per heavy atom. The number of benzene rings is 1. The van der Waals surface area contributed by atoms with Gasteiger partial charge >= 0.3 is 0 Å². The number of para-hydroxylation sites is 1. The van der Waals surface area contributed by atoms with Crippen LogP contribution in [0.2, 0.25) is 0 Å². The molecule has 1 fully saturated rings. The summed E-state index contributed by atoms with van der Waals surface area (Å²) in [5.74, 6) is 0.697. The molecule has 1 saturated heterocycles. The van der Waals surface area contributed by atoms with Crippen molar-refractivity contribution in [1.29, 1.82) is 0 Å². The van der Waals surface area contributed by atoms with Crippen LogP contribution >= 0.6 is 15.9 Å². The van der Waals surface area contributed by atoms with E-state index in [1.807, 2.05) is 18.2 Å². The van der Waals surface area contributed by atoms with Crippen LogP contribution in [0.15, 0.2) is 22.7 Å². The smallest absolute Gasteiger partial charge is 0.260 e. The lowest BCUT2D eigenvalue weighted by Gasteiger charge is -2.27. The van der Waals surface area contributed by atoms with E-state index < -0.39 is 0 Å². The molecular formula is C14H19BrN2O3. The predicted molar refractivity (Wildman–Crippen MR) is 79.8 cm³/mol. The summed E-state index contributed by atoms with van der Waals surface area (Å²) in [5.41, 5.74) is 6.60. The Kier molecular flexibility index (Phi) is 5.82. The summed E-state index contributed by atoms with van der Waals surface area (Å²) in [5, 5.41) is 0. The van der Waals surface area contributed by atoms with E-state index in [4.69, 9.17) is 15.2 Å². The highest BCUT2D eigenvalue weighted by Crippen LogP contribution is 2.29. The summed E-state index contributed by atoms with van der Waals surface area (Å²) in [6.07, 6.45) is 0.723. The highest BCUT2D eigenvalue weighted by atomic mass is 79.9. The van der Waals surface area contributed by atoms with Crippen molar-refractivity contribution in [3.8, 4) is 5.75 Å². The van der Waals surface area contributed by atoms with Crippen LogP contribution in [0.5, 0.6) is 5.75 Å². The van der Waals surface area contributed by atoms with Crippen molar-refractivity contribution in [3.05, 3.63) is 28.2 Å². The van der Waals surface area contributed by atoms with Gasteiger partial charge in [-0.2, -0.15) is 0 Å². The van der Waals surface area contributed by atoms with Gasteiger partial charge in [0.05, 0.1) is 17.7 Å². The summed E-state index contributed by atoms with van der Waals surface area (Å²) < 4.78 is 11.8. The lowest BCUT2D eigenvalue weighted by atomic mass is 10.1. The van der Waals surface area contributed by atoms with Crippen molar-refractivity contribution in [2.24, 2.45) is 5.73 Å². The van der Waals surface area contributed by atoms with Crippen LogP contribution in [0, 0.1) is 0 Å². The number of carbonyl (C=O) groups is 1. The van der Waals surface area contributed by atoms with Gasteiger partial charge in [-0.15, -0.1) is 0 Å². The molecule has 0 aromatic heterocycles. The molecule has 1 aromatic rings. The number of nitrogens with zero attached hydrogens (tertiary/aromatic N) is 1. The maximum Gasteiger partial charge on any atom is 0.260 e. The Bertz CT molecular complexity index is 462. The van der Waals surface area contributed by atoms with Crippen molar-refractivity contribution in [1.82, 2.24) is 4.90 Å². The molecule has 0 aliphatic carbocycles. The van der Waals surface area contributed by atoms with Gasteiger partial charge in [0.15, 0.2) is 6.61 Å². The molecule has 0 bridgehead atoms. The third kappa shape index (κ3) is 3.94. The fraction of sp³-hybridized carbons (Fsp3) is 0.500. The van der Waals surface area contributed by atoms with E-state index in [-0.39, 0.29) is 12.5 Å². The van der Waals surface area contributed by atoms with Crippen molar-refractivity contribution >= 4 is 21.8 Å². The number of carbonyl (C=O) groups excluding carboxylic acids is 1. The third-order valence-electron chi connectivity index (χ3n) is 3.17. The first-order valence-electron chi connectivity index (χ1n) is 6.68. The second-order valence-corrected chi connectivity index (χ2v) is 5.40. The average Bonchev–Trinajstić information content (AvgIpc) is 2.47. The molecule has 1 aliphatic heterocycles. The molecule has 0 spiro atoms. The molecule has 2 rings (SSSR count). The Hall–Kier alpha value is -1.11. The van der Waals surface area contributed by atoms with Gasteiger partial charge in [-0.1, -0.05) is 12.1 Å². The number of hydrogen-bond donors (Lipinski definition) is 1. The van der Waals surface area contributed by atoms with Crippen LogP contribution in [-0.4, -0.2) is 50.3 Å². The molecule has 0 saturated carbocycles. The summed E-state index contributed by atoms with van der Waals surface area (Å²) in [6.45, 7) is 3.05. The van der Waals surface area contributed by atoms with E-state index in [9.17, 15) is 4.79 Å². The first-order valence-corrected chi connectivity index (χ1v) is 7.47. The maximum absolute atomic E-state index is 12.1. The molecule has 0 radical (unpaired) electrons. The number of halogens is 1. The second kappa shape index (κ2) is 7.61. The summed E-state index contributed by atoms with van der Waals surface area (Å²) >= 11 is 3.45. The molecular weight excluding hydrogens is 324 g/mol. The van der Waals surface area contributed by atoms with Gasteiger partial charge in [-0.05, 0) is 40.5 Å². The molecule has 5 nitrogen and oxygen atoms in total. The molecule has 20 heavy (non-hydrogen) atoms. The van der Waals surface area contributed by atoms with E-state index in [0.717, 1.165) is 16.5 Å². The van der Waals surface area contributed by atoms with E-state index >= 15 is 0 Å². The lowest BCUT2D eigenvalue weighted by molar-refractivity contribution is -0.137. The zero-order chi connectivity index (χ0) is 14.4. The molecule has 1 heterocycles. The van der Waals surface area contributed by atoms with Gasteiger partial charge in [0.2, 0.25) is 0 Å². The topological polar surface area (TPSA) is 64.8 Å². The minimum Gasteiger partial charge on any atom is -0.482 e. The number of rotatable bonds is 5. The van der Waals surface area contributed by atoms with Crippen molar-refractivity contribution in [2.75, 3.05) is 39.5 Å². The van der Waals surface area contributed by atoms with Crippen molar-refractivity contribution in [2.45, 2.75) is 6.42 Å². The Morgan fingerprint density at radius 3 is 2.85 bits per heavy atom. The molecule has 1 aliphatic rings. The average molecular weight is 343 g/mol. The predicted octanol–water partition coefficient (Wildman–Crippen LogP) is 1.19. The van der Waals surface area contributed by atoms with Gasteiger partial charge in [0, 0.05) is 13.1 Å². The Morgan fingerprint density at radius 1 is 1.40 bits per heavy atom. The molecule has 0 atom stereocenters. The minimum absolute atomic E-state index is 0.0113. The van der Waals surface area contributed by atoms with Crippen LogP contribution in [0.25, 0.3) is 0 Å². The van der Waals surface area contributed by atoms with E-state index in [1.54, 1.807) is 4.90 Å². The second-order valence-electron chi connectivity index (χ2n) is 4.55. The molecule has 6 heteroatoms. The number of ether oxygens (including phenoxy) is 2. The van der Waals surface area contributed by atoms with Crippen molar-refractivity contribution < 1.29 is 14.3 Å². The quantitative estimate of drug-likeness (QED) is 0.872. The molecule has 1 amide bonds. The number of amides is 1. The van der Waals surface area contributed by atoms with Gasteiger partial charge in [-0.25, -0.2) is 0 Å².